The van der Waals surface area contributed by atoms with Crippen molar-refractivity contribution in [1.29, 1.82) is 0 Å². The number of fused-ring (bicyclic) bond motifs is 1. The first-order chi connectivity index (χ1) is 12.8. The van der Waals surface area contributed by atoms with Crippen LogP contribution in [0.5, 0.6) is 0 Å². The molecule has 2 aromatic rings. The van der Waals surface area contributed by atoms with Gasteiger partial charge in [0.05, 0.1) is 5.75 Å². The van der Waals surface area contributed by atoms with Gasteiger partial charge in [0.1, 0.15) is 30.2 Å². The van der Waals surface area contributed by atoms with E-state index in [0.717, 1.165) is 21.7 Å². The van der Waals surface area contributed by atoms with Crippen LogP contribution in [0, 0.1) is 12.7 Å². The number of carbonyl (C=O) groups excluding carboxylic acids is 1. The van der Waals surface area contributed by atoms with Gasteiger partial charge >= 0.3 is 0 Å². The van der Waals surface area contributed by atoms with Crippen LogP contribution in [0.1, 0.15) is 11.1 Å². The highest BCUT2D eigenvalue weighted by atomic mass is 32.2. The highest BCUT2D eigenvalue weighted by molar-refractivity contribution is 7.91. The molecule has 2 fully saturated rings. The van der Waals surface area contributed by atoms with Crippen LogP contribution in [-0.2, 0) is 21.2 Å². The fourth-order valence-electron chi connectivity index (χ4n) is 4.17. The molecule has 3 atom stereocenters. The number of hydrogen-bond acceptors (Lipinski definition) is 3. The SMILES string of the molecule is Cc1ccc(N2C(=O)C[NH+](Cc3ccc(F)cc3)[C@@H]3CS(=O)(=O)C[C@H]32)cc1. The molecule has 1 amide bonds. The minimum absolute atomic E-state index is 0.00972. The van der Waals surface area contributed by atoms with Crippen LogP contribution in [0.15, 0.2) is 48.5 Å². The Balaban J connectivity index is 1.65. The van der Waals surface area contributed by atoms with Gasteiger partial charge in [-0.15, -0.1) is 0 Å². The third-order valence-corrected chi connectivity index (χ3v) is 7.20. The number of rotatable bonds is 3. The lowest BCUT2D eigenvalue weighted by Crippen LogP contribution is -3.19. The number of piperazine rings is 1. The molecular weight excluding hydrogens is 367 g/mol. The monoisotopic (exact) mass is 389 g/mol. The topological polar surface area (TPSA) is 58.9 Å². The molecule has 1 N–H and O–H groups in total. The summed E-state index contributed by atoms with van der Waals surface area (Å²) in [5.74, 6) is -0.321. The van der Waals surface area contributed by atoms with Crippen molar-refractivity contribution >= 4 is 21.4 Å². The summed E-state index contributed by atoms with van der Waals surface area (Å²) >= 11 is 0. The molecule has 27 heavy (non-hydrogen) atoms. The second-order valence-electron chi connectivity index (χ2n) is 7.49. The average Bonchev–Trinajstić information content (AvgIpc) is 2.93. The summed E-state index contributed by atoms with van der Waals surface area (Å²) in [5, 5.41) is 0. The van der Waals surface area contributed by atoms with Gasteiger partial charge in [-0.2, -0.15) is 0 Å². The van der Waals surface area contributed by atoms with Crippen LogP contribution < -0.4 is 9.80 Å². The maximum atomic E-state index is 13.2. The van der Waals surface area contributed by atoms with Gasteiger partial charge in [0.2, 0.25) is 0 Å². The minimum Gasteiger partial charge on any atom is -0.318 e. The number of anilines is 1. The normalized spacial score (nSPS) is 26.8. The van der Waals surface area contributed by atoms with Crippen molar-refractivity contribution in [1.82, 2.24) is 0 Å². The van der Waals surface area contributed by atoms with E-state index in [1.54, 1.807) is 17.0 Å². The molecule has 7 heteroatoms. The quantitative estimate of drug-likeness (QED) is 0.842. The molecule has 0 aliphatic carbocycles. The van der Waals surface area contributed by atoms with Crippen molar-refractivity contribution in [3.8, 4) is 0 Å². The van der Waals surface area contributed by atoms with Crippen LogP contribution in [0.25, 0.3) is 0 Å². The average molecular weight is 389 g/mol. The van der Waals surface area contributed by atoms with Crippen LogP contribution >= 0.6 is 0 Å². The molecule has 2 aromatic carbocycles. The maximum absolute atomic E-state index is 13.2. The molecule has 1 unspecified atom stereocenters. The zero-order valence-electron chi connectivity index (χ0n) is 15.1. The summed E-state index contributed by atoms with van der Waals surface area (Å²) in [6.07, 6.45) is 0. The molecule has 0 bridgehead atoms. The molecule has 5 nitrogen and oxygen atoms in total. The Hall–Kier alpha value is -2.25. The molecule has 2 aliphatic heterocycles. The van der Waals surface area contributed by atoms with Gasteiger partial charge in [-0.1, -0.05) is 29.8 Å². The Morgan fingerprint density at radius 2 is 1.74 bits per heavy atom. The van der Waals surface area contributed by atoms with Crippen molar-refractivity contribution in [3.05, 3.63) is 65.5 Å². The van der Waals surface area contributed by atoms with Crippen molar-refractivity contribution in [2.75, 3.05) is 23.0 Å². The second-order valence-corrected chi connectivity index (χ2v) is 9.64. The molecule has 4 rings (SSSR count). The van der Waals surface area contributed by atoms with Crippen molar-refractivity contribution in [2.24, 2.45) is 0 Å². The highest BCUT2D eigenvalue weighted by Gasteiger charge is 2.52. The predicted octanol–water partition coefficient (Wildman–Crippen LogP) is 0.731. The fraction of sp³-hybridized carbons (Fsp3) is 0.350. The molecule has 2 aliphatic rings. The van der Waals surface area contributed by atoms with Gasteiger partial charge in [0.25, 0.3) is 5.91 Å². The van der Waals surface area contributed by atoms with Gasteiger partial charge < -0.3 is 4.90 Å². The van der Waals surface area contributed by atoms with E-state index < -0.39 is 9.84 Å². The summed E-state index contributed by atoms with van der Waals surface area (Å²) in [6.45, 7) is 2.70. The summed E-state index contributed by atoms with van der Waals surface area (Å²) in [6, 6.07) is 13.2. The van der Waals surface area contributed by atoms with Crippen LogP contribution in [-0.4, -0.2) is 44.5 Å². The Labute approximate surface area is 158 Å². The number of benzene rings is 2. The van der Waals surface area contributed by atoms with Crippen LogP contribution in [0.4, 0.5) is 10.1 Å². The first-order valence-electron chi connectivity index (χ1n) is 9.00. The Morgan fingerprint density at radius 1 is 1.07 bits per heavy atom. The van der Waals surface area contributed by atoms with Gasteiger partial charge in [0.15, 0.2) is 16.4 Å². The van der Waals surface area contributed by atoms with E-state index in [4.69, 9.17) is 0 Å². The van der Waals surface area contributed by atoms with Crippen molar-refractivity contribution < 1.29 is 22.5 Å². The summed E-state index contributed by atoms with van der Waals surface area (Å²) in [7, 11) is -3.21. The number of aryl methyl sites for hydroxylation is 1. The van der Waals surface area contributed by atoms with E-state index in [2.05, 4.69) is 0 Å². The lowest BCUT2D eigenvalue weighted by atomic mass is 10.0. The lowest BCUT2D eigenvalue weighted by Gasteiger charge is -2.40. The number of nitrogens with zero attached hydrogens (tertiary/aromatic N) is 1. The maximum Gasteiger partial charge on any atom is 0.282 e. The molecule has 0 radical (unpaired) electrons. The summed E-state index contributed by atoms with van der Waals surface area (Å²) in [5.41, 5.74) is 2.73. The third kappa shape index (κ3) is 3.61. The van der Waals surface area contributed by atoms with E-state index in [-0.39, 0.29) is 41.9 Å². The fourth-order valence-corrected chi connectivity index (χ4v) is 6.21. The molecule has 0 saturated carbocycles. The Bertz CT molecular complexity index is 958. The molecule has 0 spiro atoms. The molecule has 142 valence electrons. The highest BCUT2D eigenvalue weighted by Crippen LogP contribution is 2.26. The van der Waals surface area contributed by atoms with Gasteiger partial charge in [-0.3, -0.25) is 9.69 Å². The number of sulfone groups is 1. The first-order valence-corrected chi connectivity index (χ1v) is 10.8. The summed E-state index contributed by atoms with van der Waals surface area (Å²) < 4.78 is 37.9. The predicted molar refractivity (Wildman–Crippen MR) is 101 cm³/mol. The van der Waals surface area contributed by atoms with Crippen molar-refractivity contribution in [3.63, 3.8) is 0 Å². The molecule has 2 saturated heterocycles. The standard InChI is InChI=1S/C20H21FN2O3S/c1-14-2-8-17(9-3-14)23-19-13-27(25,26)12-18(19)22(11-20(23)24)10-15-4-6-16(21)7-5-15/h2-9,18-19H,10-13H2,1H3/p+1/t18-,19-/m1/s1. The van der Waals surface area contributed by atoms with Crippen molar-refractivity contribution in [2.45, 2.75) is 25.6 Å². The molecule has 0 aromatic heterocycles. The zero-order chi connectivity index (χ0) is 19.2. The third-order valence-electron chi connectivity index (χ3n) is 5.48. The number of carbonyl (C=O) groups is 1. The summed E-state index contributed by atoms with van der Waals surface area (Å²) in [4.78, 5) is 15.5. The van der Waals surface area contributed by atoms with Crippen LogP contribution in [0.2, 0.25) is 0 Å². The molecule has 2 heterocycles. The zero-order valence-corrected chi connectivity index (χ0v) is 15.9. The van der Waals surface area contributed by atoms with E-state index in [1.165, 1.54) is 12.1 Å². The van der Waals surface area contributed by atoms with E-state index in [9.17, 15) is 17.6 Å². The molecular formula is C20H22FN2O3S+. The number of halogens is 1. The number of quaternary nitrogens is 1. The largest absolute Gasteiger partial charge is 0.318 e. The van der Waals surface area contributed by atoms with Gasteiger partial charge in [-0.25, -0.2) is 12.8 Å². The lowest BCUT2D eigenvalue weighted by molar-refractivity contribution is -0.931. The van der Waals surface area contributed by atoms with Crippen LogP contribution in [0.3, 0.4) is 0 Å². The van der Waals surface area contributed by atoms with Gasteiger partial charge in [-0.05, 0) is 31.2 Å². The number of hydrogen-bond donors (Lipinski definition) is 1. The van der Waals surface area contributed by atoms with E-state index in [0.29, 0.717) is 6.54 Å². The first kappa shape index (κ1) is 18.1. The Morgan fingerprint density at radius 3 is 2.41 bits per heavy atom. The minimum atomic E-state index is -3.21. The second kappa shape index (κ2) is 6.73. The van der Waals surface area contributed by atoms with Gasteiger partial charge in [0, 0.05) is 11.3 Å². The smallest absolute Gasteiger partial charge is 0.282 e. The van der Waals surface area contributed by atoms with E-state index in [1.807, 2.05) is 31.2 Å². The number of nitrogens with one attached hydrogen (secondary N) is 1. The number of amides is 1. The van der Waals surface area contributed by atoms with E-state index >= 15 is 0 Å². The Kier molecular flexibility index (Phi) is 4.52.